The van der Waals surface area contributed by atoms with Crippen LogP contribution in [0, 0.1) is 12.1 Å². The van der Waals surface area contributed by atoms with Crippen molar-refractivity contribution in [2.24, 2.45) is 0 Å². The number of benzene rings is 3. The molecule has 84 valence electrons. The average Bonchev–Trinajstić information content (AvgIpc) is 2.49. The van der Waals surface area contributed by atoms with Gasteiger partial charge in [0.1, 0.15) is 0 Å². The number of hydrogen-bond donors (Lipinski definition) is 0. The maximum atomic E-state index is 3.34. The van der Waals surface area contributed by atoms with E-state index in [-0.39, 0.29) is 0 Å². The Labute approximate surface area is 108 Å². The molecule has 0 aliphatic carbocycles. The molecule has 0 fully saturated rings. The molecule has 0 bridgehead atoms. The maximum Gasteiger partial charge on any atom is -0.00266 e. The lowest BCUT2D eigenvalue weighted by molar-refractivity contribution is 1.57. The van der Waals surface area contributed by atoms with E-state index in [0.29, 0.717) is 0 Å². The number of hydrogen-bond acceptors (Lipinski definition) is 0. The van der Waals surface area contributed by atoms with Crippen LogP contribution < -0.4 is 0 Å². The predicted molar refractivity (Wildman–Crippen MR) is 75.0 cm³/mol. The fraction of sp³-hybridized carbons (Fsp3) is 0. The highest BCUT2D eigenvalue weighted by atomic mass is 14.1. The minimum absolute atomic E-state index is 1.14. The molecule has 18 heavy (non-hydrogen) atoms. The molecule has 0 unspecified atom stereocenters. The summed E-state index contributed by atoms with van der Waals surface area (Å²) >= 11 is 0. The van der Waals surface area contributed by atoms with E-state index >= 15 is 0 Å². The average molecular weight is 228 g/mol. The summed E-state index contributed by atoms with van der Waals surface area (Å²) in [4.78, 5) is 0. The largest absolute Gasteiger partial charge is 0.0622 e. The molecule has 0 saturated carbocycles. The Morgan fingerprint density at radius 1 is 0.667 bits per heavy atom. The minimum atomic E-state index is 1.14. The summed E-state index contributed by atoms with van der Waals surface area (Å²) in [7, 11) is 0. The molecule has 0 aromatic heterocycles. The Bertz CT molecular complexity index is 566. The van der Waals surface area contributed by atoms with Crippen LogP contribution in [0.4, 0.5) is 0 Å². The first-order valence-corrected chi connectivity index (χ1v) is 5.98. The summed E-state index contributed by atoms with van der Waals surface area (Å²) in [6, 6.07) is 31.0. The molecule has 0 nitrogen and oxygen atoms in total. The van der Waals surface area contributed by atoms with Crippen LogP contribution in [0.25, 0.3) is 22.3 Å². The second-order valence-electron chi connectivity index (χ2n) is 4.12. The monoisotopic (exact) mass is 228 g/mol. The van der Waals surface area contributed by atoms with E-state index in [1.165, 1.54) is 16.7 Å². The summed E-state index contributed by atoms with van der Waals surface area (Å²) in [6.07, 6.45) is 0. The summed E-state index contributed by atoms with van der Waals surface area (Å²) in [5.41, 5.74) is 4.70. The Morgan fingerprint density at radius 3 is 2.22 bits per heavy atom. The summed E-state index contributed by atoms with van der Waals surface area (Å²) in [5.74, 6) is 0. The van der Waals surface area contributed by atoms with Gasteiger partial charge in [-0.15, -0.1) is 0 Å². The fourth-order valence-corrected chi connectivity index (χ4v) is 2.08. The van der Waals surface area contributed by atoms with Crippen LogP contribution in [-0.4, -0.2) is 0 Å². The molecular weight excluding hydrogens is 216 g/mol. The third-order valence-corrected chi connectivity index (χ3v) is 2.94. The van der Waals surface area contributed by atoms with Gasteiger partial charge in [0.15, 0.2) is 0 Å². The first-order chi connectivity index (χ1) is 8.95. The van der Waals surface area contributed by atoms with Crippen molar-refractivity contribution in [2.45, 2.75) is 0 Å². The van der Waals surface area contributed by atoms with Crippen LogP contribution in [0.5, 0.6) is 0 Å². The Hall–Kier alpha value is -2.34. The second kappa shape index (κ2) is 4.89. The molecule has 0 saturated heterocycles. The Balaban J connectivity index is 2.18. The zero-order valence-corrected chi connectivity index (χ0v) is 9.93. The van der Waals surface area contributed by atoms with Gasteiger partial charge in [-0.2, -0.15) is 0 Å². The van der Waals surface area contributed by atoms with E-state index in [1.807, 2.05) is 36.4 Å². The van der Waals surface area contributed by atoms with E-state index < -0.39 is 0 Å². The predicted octanol–water partition coefficient (Wildman–Crippen LogP) is 4.62. The Morgan fingerprint density at radius 2 is 1.44 bits per heavy atom. The number of rotatable bonds is 2. The highest BCUT2D eigenvalue weighted by Gasteiger charge is 2.05. The smallest absolute Gasteiger partial charge is 0.00266 e. The second-order valence-corrected chi connectivity index (χ2v) is 4.12. The van der Waals surface area contributed by atoms with Gasteiger partial charge in [0, 0.05) is 0 Å². The van der Waals surface area contributed by atoms with E-state index in [4.69, 9.17) is 0 Å². The molecule has 3 aromatic rings. The van der Waals surface area contributed by atoms with Crippen LogP contribution in [0.3, 0.4) is 0 Å². The van der Waals surface area contributed by atoms with Crippen molar-refractivity contribution >= 4 is 0 Å². The molecule has 0 N–H and O–H groups in total. The zero-order valence-electron chi connectivity index (χ0n) is 9.93. The minimum Gasteiger partial charge on any atom is -0.0622 e. The molecule has 0 amide bonds. The third-order valence-electron chi connectivity index (χ3n) is 2.94. The van der Waals surface area contributed by atoms with E-state index in [9.17, 15) is 0 Å². The van der Waals surface area contributed by atoms with Crippen molar-refractivity contribution in [1.29, 1.82) is 0 Å². The van der Waals surface area contributed by atoms with Gasteiger partial charge in [0.2, 0.25) is 0 Å². The van der Waals surface area contributed by atoms with Gasteiger partial charge in [-0.1, -0.05) is 66.7 Å². The molecule has 3 aromatic carbocycles. The quantitative estimate of drug-likeness (QED) is 0.600. The third kappa shape index (κ3) is 2.05. The van der Waals surface area contributed by atoms with Crippen LogP contribution in [0.1, 0.15) is 0 Å². The highest BCUT2D eigenvalue weighted by Crippen LogP contribution is 2.30. The van der Waals surface area contributed by atoms with Crippen molar-refractivity contribution in [1.82, 2.24) is 0 Å². The van der Waals surface area contributed by atoms with Crippen molar-refractivity contribution in [3.05, 3.63) is 84.9 Å². The van der Waals surface area contributed by atoms with Gasteiger partial charge in [0.25, 0.3) is 0 Å². The van der Waals surface area contributed by atoms with Gasteiger partial charge < -0.3 is 0 Å². The summed E-state index contributed by atoms with van der Waals surface area (Å²) in [5, 5.41) is 0. The molecule has 0 atom stereocenters. The maximum absolute atomic E-state index is 3.34. The van der Waals surface area contributed by atoms with Crippen molar-refractivity contribution in [2.75, 3.05) is 0 Å². The standard InChI is InChI=1S/C18H12/c1-3-9-15(10-4-1)17-13-7-8-14-18(17)16-11-5-2-6-12-16/h1-5,7-12,14H. The Kier molecular flexibility index (Phi) is 2.93. The van der Waals surface area contributed by atoms with Crippen LogP contribution in [0.2, 0.25) is 0 Å². The molecule has 0 aliphatic heterocycles. The fourth-order valence-electron chi connectivity index (χ4n) is 2.08. The SMILES string of the molecule is [c]1cccc(-c2ccc[c]c2-c2ccccc2)c1. The summed E-state index contributed by atoms with van der Waals surface area (Å²) in [6.45, 7) is 0. The first-order valence-electron chi connectivity index (χ1n) is 5.98. The topological polar surface area (TPSA) is 0 Å². The van der Waals surface area contributed by atoms with Crippen LogP contribution >= 0.6 is 0 Å². The van der Waals surface area contributed by atoms with Gasteiger partial charge >= 0.3 is 0 Å². The van der Waals surface area contributed by atoms with Gasteiger partial charge in [-0.25, -0.2) is 0 Å². The molecule has 0 heterocycles. The molecule has 0 aliphatic rings. The lowest BCUT2D eigenvalue weighted by Gasteiger charge is -2.09. The van der Waals surface area contributed by atoms with E-state index in [1.54, 1.807) is 0 Å². The highest BCUT2D eigenvalue weighted by molar-refractivity contribution is 5.82. The molecular formula is C18H12. The van der Waals surface area contributed by atoms with Gasteiger partial charge in [-0.05, 0) is 40.5 Å². The lowest BCUT2D eigenvalue weighted by Crippen LogP contribution is -1.84. The zero-order chi connectivity index (χ0) is 12.2. The molecule has 3 rings (SSSR count). The van der Waals surface area contributed by atoms with Crippen molar-refractivity contribution in [3.63, 3.8) is 0 Å². The van der Waals surface area contributed by atoms with Crippen LogP contribution in [-0.2, 0) is 0 Å². The van der Waals surface area contributed by atoms with E-state index in [2.05, 4.69) is 48.5 Å². The normalized spacial score (nSPS) is 10.2. The van der Waals surface area contributed by atoms with Gasteiger partial charge in [-0.3, -0.25) is 0 Å². The van der Waals surface area contributed by atoms with Crippen molar-refractivity contribution in [3.8, 4) is 22.3 Å². The van der Waals surface area contributed by atoms with Crippen LogP contribution in [0.15, 0.2) is 72.8 Å². The summed E-state index contributed by atoms with van der Waals surface area (Å²) < 4.78 is 0. The molecule has 2 radical (unpaired) electrons. The lowest BCUT2D eigenvalue weighted by atomic mass is 9.95. The molecule has 0 heteroatoms. The molecule has 0 spiro atoms. The van der Waals surface area contributed by atoms with E-state index in [0.717, 1.165) is 5.56 Å². The first kappa shape index (κ1) is 10.8. The van der Waals surface area contributed by atoms with Gasteiger partial charge in [0.05, 0.1) is 0 Å². The van der Waals surface area contributed by atoms with Crippen molar-refractivity contribution < 1.29 is 0 Å².